The fourth-order valence-electron chi connectivity index (χ4n) is 3.33. The zero-order valence-electron chi connectivity index (χ0n) is 15.8. The van der Waals surface area contributed by atoms with Crippen LogP contribution >= 0.6 is 0 Å². The molecule has 148 valence electrons. The van der Waals surface area contributed by atoms with Gasteiger partial charge in [0.15, 0.2) is 0 Å². The number of halogens is 1. The number of ether oxygens (including phenoxy) is 1. The number of likely N-dealkylation sites (tertiary alicyclic amines) is 1. The first-order valence-electron chi connectivity index (χ1n) is 9.29. The van der Waals surface area contributed by atoms with Crippen molar-refractivity contribution in [2.75, 3.05) is 32.1 Å². The average Bonchev–Trinajstić information content (AvgIpc) is 2.72. The van der Waals surface area contributed by atoms with Gasteiger partial charge in [0.1, 0.15) is 11.6 Å². The Labute approximate surface area is 163 Å². The smallest absolute Gasteiger partial charge is 0.319 e. The maximum atomic E-state index is 13.2. The monoisotopic (exact) mass is 385 g/mol. The van der Waals surface area contributed by atoms with Gasteiger partial charge in [0.05, 0.1) is 7.11 Å². The minimum absolute atomic E-state index is 0.0344. The number of carbonyl (C=O) groups is 2. The van der Waals surface area contributed by atoms with Gasteiger partial charge in [0.25, 0.3) is 5.91 Å². The number of rotatable bonds is 5. The van der Waals surface area contributed by atoms with E-state index in [1.54, 1.807) is 37.4 Å². The van der Waals surface area contributed by atoms with Crippen molar-refractivity contribution in [3.63, 3.8) is 0 Å². The lowest BCUT2D eigenvalue weighted by atomic mass is 9.97. The fraction of sp³-hybridized carbons (Fsp3) is 0.333. The van der Waals surface area contributed by atoms with Crippen LogP contribution in [0.1, 0.15) is 23.2 Å². The molecular formula is C21H24FN3O3. The highest BCUT2D eigenvalue weighted by atomic mass is 19.1. The Morgan fingerprint density at radius 1 is 1.21 bits per heavy atom. The maximum Gasteiger partial charge on any atom is 0.319 e. The standard InChI is InChI=1S/C21H24FN3O3/c1-28-19-9-2-6-16(11-19)20(26)25-10-4-5-15(14-25)13-23-21(27)24-18-8-3-7-17(22)12-18/h2-3,6-9,11-12,15H,4-5,10,13-14H2,1H3,(H2,23,24,27). The van der Waals surface area contributed by atoms with Gasteiger partial charge < -0.3 is 20.3 Å². The number of anilines is 1. The van der Waals surface area contributed by atoms with Crippen LogP contribution in [0, 0.1) is 11.7 Å². The second-order valence-electron chi connectivity index (χ2n) is 6.84. The van der Waals surface area contributed by atoms with E-state index in [0.717, 1.165) is 12.8 Å². The van der Waals surface area contributed by atoms with Crippen molar-refractivity contribution in [2.24, 2.45) is 5.92 Å². The third-order valence-corrected chi connectivity index (χ3v) is 4.76. The maximum absolute atomic E-state index is 13.2. The highest BCUT2D eigenvalue weighted by Crippen LogP contribution is 2.20. The predicted molar refractivity (Wildman–Crippen MR) is 105 cm³/mol. The lowest BCUT2D eigenvalue weighted by molar-refractivity contribution is 0.0675. The molecule has 0 bridgehead atoms. The minimum Gasteiger partial charge on any atom is -0.497 e. The van der Waals surface area contributed by atoms with Crippen molar-refractivity contribution < 1.29 is 18.7 Å². The number of hydrogen-bond acceptors (Lipinski definition) is 3. The lowest BCUT2D eigenvalue weighted by Gasteiger charge is -2.33. The van der Waals surface area contributed by atoms with Crippen LogP contribution in [0.2, 0.25) is 0 Å². The van der Waals surface area contributed by atoms with Crippen molar-refractivity contribution >= 4 is 17.6 Å². The van der Waals surface area contributed by atoms with Gasteiger partial charge in [0, 0.05) is 30.9 Å². The topological polar surface area (TPSA) is 70.7 Å². The number of benzene rings is 2. The molecule has 1 unspecified atom stereocenters. The first-order chi connectivity index (χ1) is 13.5. The number of carbonyl (C=O) groups excluding carboxylic acids is 2. The first kappa shape index (κ1) is 19.7. The Kier molecular flexibility index (Phi) is 6.47. The van der Waals surface area contributed by atoms with E-state index < -0.39 is 5.82 Å². The molecule has 0 radical (unpaired) electrons. The molecule has 1 heterocycles. The average molecular weight is 385 g/mol. The summed E-state index contributed by atoms with van der Waals surface area (Å²) in [4.78, 5) is 26.6. The van der Waals surface area contributed by atoms with E-state index in [1.165, 1.54) is 18.2 Å². The lowest BCUT2D eigenvalue weighted by Crippen LogP contribution is -2.44. The van der Waals surface area contributed by atoms with Crippen LogP contribution in [0.25, 0.3) is 0 Å². The highest BCUT2D eigenvalue weighted by molar-refractivity contribution is 5.94. The summed E-state index contributed by atoms with van der Waals surface area (Å²) < 4.78 is 18.4. The van der Waals surface area contributed by atoms with Crippen molar-refractivity contribution in [1.29, 1.82) is 0 Å². The number of nitrogens with zero attached hydrogens (tertiary/aromatic N) is 1. The largest absolute Gasteiger partial charge is 0.497 e. The summed E-state index contributed by atoms with van der Waals surface area (Å²) >= 11 is 0. The fourth-order valence-corrected chi connectivity index (χ4v) is 3.33. The van der Waals surface area contributed by atoms with E-state index in [9.17, 15) is 14.0 Å². The van der Waals surface area contributed by atoms with Gasteiger partial charge in [-0.25, -0.2) is 9.18 Å². The van der Waals surface area contributed by atoms with Crippen LogP contribution < -0.4 is 15.4 Å². The number of amides is 3. The van der Waals surface area contributed by atoms with Crippen molar-refractivity contribution in [2.45, 2.75) is 12.8 Å². The second kappa shape index (κ2) is 9.21. The molecule has 1 fully saturated rings. The Hall–Kier alpha value is -3.09. The van der Waals surface area contributed by atoms with E-state index in [1.807, 2.05) is 4.90 Å². The molecule has 1 aliphatic rings. The van der Waals surface area contributed by atoms with Gasteiger partial charge in [-0.3, -0.25) is 4.79 Å². The normalized spacial score (nSPS) is 16.4. The minimum atomic E-state index is -0.406. The Morgan fingerprint density at radius 3 is 2.82 bits per heavy atom. The number of hydrogen-bond donors (Lipinski definition) is 2. The SMILES string of the molecule is COc1cccc(C(=O)N2CCCC(CNC(=O)Nc3cccc(F)c3)C2)c1. The molecule has 0 saturated carbocycles. The van der Waals surface area contributed by atoms with Crippen molar-refractivity contribution in [3.05, 3.63) is 59.9 Å². The van der Waals surface area contributed by atoms with Crippen LogP contribution in [0.5, 0.6) is 5.75 Å². The number of urea groups is 1. The van der Waals surface area contributed by atoms with E-state index in [0.29, 0.717) is 36.6 Å². The molecule has 6 nitrogen and oxygen atoms in total. The molecular weight excluding hydrogens is 361 g/mol. The molecule has 1 saturated heterocycles. The van der Waals surface area contributed by atoms with Gasteiger partial charge in [-0.1, -0.05) is 12.1 Å². The van der Waals surface area contributed by atoms with Gasteiger partial charge in [-0.2, -0.15) is 0 Å². The number of methoxy groups -OCH3 is 1. The summed E-state index contributed by atoms with van der Waals surface area (Å²) in [6.07, 6.45) is 1.82. The van der Waals surface area contributed by atoms with Gasteiger partial charge in [0.2, 0.25) is 0 Å². The molecule has 0 aromatic heterocycles. The molecule has 0 spiro atoms. The Balaban J connectivity index is 1.51. The number of piperidine rings is 1. The Bertz CT molecular complexity index is 843. The van der Waals surface area contributed by atoms with Crippen LogP contribution in [-0.2, 0) is 0 Å². The van der Waals surface area contributed by atoms with E-state index in [-0.39, 0.29) is 17.9 Å². The third kappa shape index (κ3) is 5.22. The Morgan fingerprint density at radius 2 is 2.04 bits per heavy atom. The van der Waals surface area contributed by atoms with Gasteiger partial charge in [-0.05, 0) is 55.2 Å². The molecule has 1 atom stereocenters. The van der Waals surface area contributed by atoms with Gasteiger partial charge in [-0.15, -0.1) is 0 Å². The van der Waals surface area contributed by atoms with Crippen LogP contribution in [-0.4, -0.2) is 43.6 Å². The quantitative estimate of drug-likeness (QED) is 0.828. The predicted octanol–water partition coefficient (Wildman–Crippen LogP) is 3.51. The van der Waals surface area contributed by atoms with Crippen molar-refractivity contribution in [1.82, 2.24) is 10.2 Å². The van der Waals surface area contributed by atoms with Crippen LogP contribution in [0.3, 0.4) is 0 Å². The molecule has 3 amide bonds. The highest BCUT2D eigenvalue weighted by Gasteiger charge is 2.25. The summed E-state index contributed by atoms with van der Waals surface area (Å²) in [7, 11) is 1.57. The molecule has 2 N–H and O–H groups in total. The van der Waals surface area contributed by atoms with E-state index in [4.69, 9.17) is 4.74 Å². The molecule has 3 rings (SSSR count). The number of nitrogens with one attached hydrogen (secondary N) is 2. The molecule has 7 heteroatoms. The zero-order valence-corrected chi connectivity index (χ0v) is 15.8. The van der Waals surface area contributed by atoms with E-state index in [2.05, 4.69) is 10.6 Å². The van der Waals surface area contributed by atoms with E-state index >= 15 is 0 Å². The molecule has 2 aromatic rings. The third-order valence-electron chi connectivity index (χ3n) is 4.76. The molecule has 1 aliphatic heterocycles. The van der Waals surface area contributed by atoms with Crippen LogP contribution in [0.4, 0.5) is 14.9 Å². The summed E-state index contributed by atoms with van der Waals surface area (Å²) in [5, 5.41) is 5.42. The summed E-state index contributed by atoms with van der Waals surface area (Å²) in [5.41, 5.74) is 0.993. The summed E-state index contributed by atoms with van der Waals surface area (Å²) in [6, 6.07) is 12.5. The van der Waals surface area contributed by atoms with Crippen molar-refractivity contribution in [3.8, 4) is 5.75 Å². The zero-order chi connectivity index (χ0) is 19.9. The molecule has 2 aromatic carbocycles. The molecule has 28 heavy (non-hydrogen) atoms. The van der Waals surface area contributed by atoms with Crippen LogP contribution in [0.15, 0.2) is 48.5 Å². The van der Waals surface area contributed by atoms with Gasteiger partial charge >= 0.3 is 6.03 Å². The summed E-state index contributed by atoms with van der Waals surface area (Å²) in [6.45, 7) is 1.72. The second-order valence-corrected chi connectivity index (χ2v) is 6.84. The summed E-state index contributed by atoms with van der Waals surface area (Å²) in [5.74, 6) is 0.376. The first-order valence-corrected chi connectivity index (χ1v) is 9.29. The molecule has 0 aliphatic carbocycles.